The molecule has 1 heterocycles. The van der Waals surface area contributed by atoms with E-state index in [1.807, 2.05) is 54.6 Å². The topological polar surface area (TPSA) is 29.5 Å². The lowest BCUT2D eigenvalue weighted by atomic mass is 9.99. The minimum atomic E-state index is 0.318. The Morgan fingerprint density at radius 3 is 2.41 bits per heavy atom. The third-order valence-electron chi connectivity index (χ3n) is 2.92. The van der Waals surface area contributed by atoms with Gasteiger partial charge >= 0.3 is 0 Å². The van der Waals surface area contributed by atoms with Crippen molar-refractivity contribution in [1.29, 1.82) is 0 Å². The average molecular weight is 224 g/mol. The lowest BCUT2D eigenvalue weighted by molar-refractivity contribution is 0.354. The zero-order valence-electron chi connectivity index (χ0n) is 9.26. The fraction of sp³-hybridized carbons (Fsp3) is 0.0667. The predicted molar refractivity (Wildman–Crippen MR) is 67.8 cm³/mol. The van der Waals surface area contributed by atoms with Crippen molar-refractivity contribution in [2.45, 2.75) is 0 Å². The molecule has 0 aromatic heterocycles. The van der Waals surface area contributed by atoms with Gasteiger partial charge in [0.1, 0.15) is 18.1 Å². The molecule has 0 unspecified atom stereocenters. The fourth-order valence-electron chi connectivity index (χ4n) is 2.03. The molecule has 0 saturated heterocycles. The summed E-state index contributed by atoms with van der Waals surface area (Å²) in [5, 5.41) is 10.3. The van der Waals surface area contributed by atoms with E-state index in [1.165, 1.54) is 0 Å². The number of aliphatic hydroxyl groups is 1. The van der Waals surface area contributed by atoms with Crippen LogP contribution in [-0.2, 0) is 0 Å². The SMILES string of the molecule is OC1=C(c2ccccc2)COc2ccccc21. The van der Waals surface area contributed by atoms with Crippen LogP contribution in [0.1, 0.15) is 11.1 Å². The molecule has 2 aromatic rings. The Kier molecular flexibility index (Phi) is 2.33. The maximum absolute atomic E-state index is 10.3. The van der Waals surface area contributed by atoms with Crippen molar-refractivity contribution < 1.29 is 9.84 Å². The summed E-state index contributed by atoms with van der Waals surface area (Å²) in [5.41, 5.74) is 2.60. The molecule has 1 aliphatic rings. The largest absolute Gasteiger partial charge is 0.507 e. The molecular formula is C15H12O2. The summed E-state index contributed by atoms with van der Waals surface area (Å²) in [7, 11) is 0. The second-order valence-corrected chi connectivity index (χ2v) is 3.98. The first-order valence-electron chi connectivity index (χ1n) is 5.56. The molecule has 17 heavy (non-hydrogen) atoms. The quantitative estimate of drug-likeness (QED) is 0.803. The van der Waals surface area contributed by atoms with Crippen LogP contribution in [0.5, 0.6) is 5.75 Å². The lowest BCUT2D eigenvalue weighted by Crippen LogP contribution is -2.10. The van der Waals surface area contributed by atoms with Gasteiger partial charge in [-0.1, -0.05) is 42.5 Å². The Balaban J connectivity index is 2.14. The highest BCUT2D eigenvalue weighted by Gasteiger charge is 2.19. The molecule has 0 atom stereocenters. The summed E-state index contributed by atoms with van der Waals surface area (Å²) in [6.07, 6.45) is 0. The summed E-state index contributed by atoms with van der Waals surface area (Å²) in [4.78, 5) is 0. The highest BCUT2D eigenvalue weighted by molar-refractivity contribution is 5.90. The number of aliphatic hydroxyl groups excluding tert-OH is 1. The molecule has 0 bridgehead atoms. The van der Waals surface area contributed by atoms with Crippen molar-refractivity contribution in [3.8, 4) is 5.75 Å². The van der Waals surface area contributed by atoms with E-state index in [0.717, 1.165) is 22.4 Å². The Morgan fingerprint density at radius 1 is 0.882 bits per heavy atom. The van der Waals surface area contributed by atoms with E-state index in [1.54, 1.807) is 0 Å². The van der Waals surface area contributed by atoms with E-state index >= 15 is 0 Å². The van der Waals surface area contributed by atoms with Gasteiger partial charge in [0.05, 0.1) is 5.56 Å². The molecule has 0 spiro atoms. The van der Waals surface area contributed by atoms with Gasteiger partial charge in [-0.3, -0.25) is 0 Å². The van der Waals surface area contributed by atoms with Gasteiger partial charge in [0.25, 0.3) is 0 Å². The van der Waals surface area contributed by atoms with E-state index in [2.05, 4.69) is 0 Å². The van der Waals surface area contributed by atoms with Crippen LogP contribution in [-0.4, -0.2) is 11.7 Å². The summed E-state index contributed by atoms with van der Waals surface area (Å²) in [6, 6.07) is 17.3. The van der Waals surface area contributed by atoms with Crippen molar-refractivity contribution in [3.05, 3.63) is 65.7 Å². The second kappa shape index (κ2) is 3.98. The zero-order chi connectivity index (χ0) is 11.7. The zero-order valence-corrected chi connectivity index (χ0v) is 9.26. The minimum Gasteiger partial charge on any atom is -0.507 e. The molecular weight excluding hydrogens is 212 g/mol. The molecule has 0 aliphatic carbocycles. The number of hydrogen-bond acceptors (Lipinski definition) is 2. The van der Waals surface area contributed by atoms with Crippen molar-refractivity contribution in [2.24, 2.45) is 0 Å². The summed E-state index contributed by atoms with van der Waals surface area (Å²) >= 11 is 0. The van der Waals surface area contributed by atoms with E-state index in [-0.39, 0.29) is 0 Å². The second-order valence-electron chi connectivity index (χ2n) is 3.98. The van der Waals surface area contributed by atoms with Gasteiger partial charge in [0, 0.05) is 5.57 Å². The predicted octanol–water partition coefficient (Wildman–Crippen LogP) is 3.51. The summed E-state index contributed by atoms with van der Waals surface area (Å²) in [5.74, 6) is 1.06. The van der Waals surface area contributed by atoms with Crippen LogP contribution >= 0.6 is 0 Å². The van der Waals surface area contributed by atoms with Crippen LogP contribution < -0.4 is 4.74 Å². The van der Waals surface area contributed by atoms with Gasteiger partial charge in [-0.2, -0.15) is 0 Å². The van der Waals surface area contributed by atoms with Crippen LogP contribution in [0, 0.1) is 0 Å². The highest BCUT2D eigenvalue weighted by Crippen LogP contribution is 2.34. The van der Waals surface area contributed by atoms with Crippen LogP contribution in [0.15, 0.2) is 54.6 Å². The summed E-state index contributed by atoms with van der Waals surface area (Å²) in [6.45, 7) is 0.410. The first-order chi connectivity index (χ1) is 8.36. The van der Waals surface area contributed by atoms with Crippen LogP contribution in [0.2, 0.25) is 0 Å². The van der Waals surface area contributed by atoms with Gasteiger partial charge in [0.15, 0.2) is 0 Å². The number of fused-ring (bicyclic) bond motifs is 1. The maximum Gasteiger partial charge on any atom is 0.133 e. The highest BCUT2D eigenvalue weighted by atomic mass is 16.5. The maximum atomic E-state index is 10.3. The Bertz CT molecular complexity index is 570. The Morgan fingerprint density at radius 2 is 1.59 bits per heavy atom. The minimum absolute atomic E-state index is 0.318. The fourth-order valence-corrected chi connectivity index (χ4v) is 2.03. The number of para-hydroxylation sites is 1. The van der Waals surface area contributed by atoms with Crippen LogP contribution in [0.3, 0.4) is 0 Å². The Labute approximate surface area is 99.8 Å². The number of benzene rings is 2. The van der Waals surface area contributed by atoms with Crippen molar-refractivity contribution in [1.82, 2.24) is 0 Å². The smallest absolute Gasteiger partial charge is 0.133 e. The molecule has 0 radical (unpaired) electrons. The van der Waals surface area contributed by atoms with Crippen LogP contribution in [0.4, 0.5) is 0 Å². The van der Waals surface area contributed by atoms with E-state index in [9.17, 15) is 5.11 Å². The normalized spacial score (nSPS) is 14.1. The van der Waals surface area contributed by atoms with E-state index in [0.29, 0.717) is 12.4 Å². The van der Waals surface area contributed by atoms with Gasteiger partial charge in [-0.25, -0.2) is 0 Å². The van der Waals surface area contributed by atoms with Gasteiger partial charge in [-0.15, -0.1) is 0 Å². The monoisotopic (exact) mass is 224 g/mol. The summed E-state index contributed by atoms with van der Waals surface area (Å²) < 4.78 is 5.64. The van der Waals surface area contributed by atoms with Gasteiger partial charge in [-0.05, 0) is 17.7 Å². The molecule has 3 rings (SSSR count). The molecule has 84 valence electrons. The molecule has 2 aromatic carbocycles. The third kappa shape index (κ3) is 1.68. The van der Waals surface area contributed by atoms with Crippen molar-refractivity contribution in [2.75, 3.05) is 6.61 Å². The molecule has 1 N–H and O–H groups in total. The third-order valence-corrected chi connectivity index (χ3v) is 2.92. The average Bonchev–Trinajstić information content (AvgIpc) is 2.40. The lowest BCUT2D eigenvalue weighted by Gasteiger charge is -2.20. The molecule has 0 amide bonds. The molecule has 1 aliphatic heterocycles. The number of hydrogen-bond donors (Lipinski definition) is 1. The van der Waals surface area contributed by atoms with Gasteiger partial charge in [0.2, 0.25) is 0 Å². The van der Waals surface area contributed by atoms with E-state index < -0.39 is 0 Å². The van der Waals surface area contributed by atoms with E-state index in [4.69, 9.17) is 4.74 Å². The number of rotatable bonds is 1. The molecule has 2 heteroatoms. The Hall–Kier alpha value is -2.22. The molecule has 0 saturated carbocycles. The first kappa shape index (κ1) is 9.97. The van der Waals surface area contributed by atoms with Gasteiger partial charge < -0.3 is 9.84 Å². The van der Waals surface area contributed by atoms with Crippen molar-refractivity contribution >= 4 is 11.3 Å². The molecule has 0 fully saturated rings. The van der Waals surface area contributed by atoms with Crippen LogP contribution in [0.25, 0.3) is 11.3 Å². The molecule has 2 nitrogen and oxygen atoms in total. The first-order valence-corrected chi connectivity index (χ1v) is 5.56. The standard InChI is InChI=1S/C15H12O2/c16-15-12-8-4-5-9-14(12)17-10-13(15)11-6-2-1-3-7-11/h1-9,16H,10H2. The number of ether oxygens (including phenoxy) is 1. The van der Waals surface area contributed by atoms with Crippen molar-refractivity contribution in [3.63, 3.8) is 0 Å².